The van der Waals surface area contributed by atoms with Crippen molar-refractivity contribution in [3.63, 3.8) is 0 Å². The minimum Gasteiger partial charge on any atom is -0.480 e. The fourth-order valence-electron chi connectivity index (χ4n) is 2.58. The van der Waals surface area contributed by atoms with Gasteiger partial charge in [-0.05, 0) is 25.5 Å². The largest absolute Gasteiger partial charge is 0.480 e. The lowest BCUT2D eigenvalue weighted by Crippen LogP contribution is -2.52. The number of carbonyl (C=O) groups is 2. The van der Waals surface area contributed by atoms with Crippen LogP contribution in [0.15, 0.2) is 0 Å². The molecular formula is C14H26N2O3S. The molecule has 0 bridgehead atoms. The Labute approximate surface area is 125 Å². The van der Waals surface area contributed by atoms with Crippen LogP contribution in [0.2, 0.25) is 0 Å². The van der Waals surface area contributed by atoms with Gasteiger partial charge in [-0.25, -0.2) is 9.59 Å². The Morgan fingerprint density at radius 1 is 1.35 bits per heavy atom. The van der Waals surface area contributed by atoms with E-state index in [0.717, 1.165) is 32.1 Å². The van der Waals surface area contributed by atoms with Crippen molar-refractivity contribution in [2.24, 2.45) is 0 Å². The van der Waals surface area contributed by atoms with E-state index in [1.54, 1.807) is 11.8 Å². The van der Waals surface area contributed by atoms with Crippen molar-refractivity contribution < 1.29 is 14.7 Å². The van der Waals surface area contributed by atoms with E-state index in [2.05, 4.69) is 16.9 Å². The van der Waals surface area contributed by atoms with Crippen molar-refractivity contribution in [2.75, 3.05) is 6.26 Å². The summed E-state index contributed by atoms with van der Waals surface area (Å²) in [6, 6.07) is -0.981. The molecule has 2 unspecified atom stereocenters. The molecule has 0 saturated heterocycles. The number of thioether (sulfide) groups is 1. The summed E-state index contributed by atoms with van der Waals surface area (Å²) in [7, 11) is 0. The van der Waals surface area contributed by atoms with E-state index in [4.69, 9.17) is 5.11 Å². The monoisotopic (exact) mass is 302 g/mol. The molecule has 1 rings (SSSR count). The van der Waals surface area contributed by atoms with Gasteiger partial charge in [-0.1, -0.05) is 32.6 Å². The lowest BCUT2D eigenvalue weighted by Gasteiger charge is -2.31. The standard InChI is InChI=1S/C14H26N2O3S/c1-3-4-7-11(13(17)18)16-14(19)15-10-8-5-6-9-12(10)20-2/h10-12H,3-9H2,1-2H3,(H,17,18)(H2,15,16,19)/t10?,11-,12?/m0/s1. The number of rotatable bonds is 7. The normalized spacial score (nSPS) is 23.9. The molecule has 0 radical (unpaired) electrons. The maximum atomic E-state index is 12.0. The Bertz CT molecular complexity index is 326. The van der Waals surface area contributed by atoms with Gasteiger partial charge in [0.25, 0.3) is 0 Å². The summed E-state index contributed by atoms with van der Waals surface area (Å²) in [5.41, 5.74) is 0. The lowest BCUT2D eigenvalue weighted by molar-refractivity contribution is -0.139. The molecule has 0 aromatic rings. The van der Waals surface area contributed by atoms with Gasteiger partial charge < -0.3 is 15.7 Å². The number of unbranched alkanes of at least 4 members (excludes halogenated alkanes) is 1. The van der Waals surface area contributed by atoms with E-state index in [-0.39, 0.29) is 12.1 Å². The Morgan fingerprint density at radius 3 is 2.65 bits per heavy atom. The maximum absolute atomic E-state index is 12.0. The summed E-state index contributed by atoms with van der Waals surface area (Å²) in [4.78, 5) is 23.1. The number of carbonyl (C=O) groups excluding carboxylic acids is 1. The van der Waals surface area contributed by atoms with Gasteiger partial charge in [0.1, 0.15) is 6.04 Å². The van der Waals surface area contributed by atoms with E-state index >= 15 is 0 Å². The van der Waals surface area contributed by atoms with E-state index in [1.165, 1.54) is 6.42 Å². The first-order valence-corrected chi connectivity index (χ1v) is 8.69. The van der Waals surface area contributed by atoms with Gasteiger partial charge in [0.2, 0.25) is 0 Å². The molecule has 1 aliphatic carbocycles. The van der Waals surface area contributed by atoms with Crippen LogP contribution >= 0.6 is 11.8 Å². The molecule has 0 spiro atoms. The summed E-state index contributed by atoms with van der Waals surface area (Å²) < 4.78 is 0. The second-order valence-corrected chi connectivity index (χ2v) is 6.39. The SMILES string of the molecule is CCCC[C@H](NC(=O)NC1CCCCC1SC)C(=O)O. The topological polar surface area (TPSA) is 78.4 Å². The van der Waals surface area contributed by atoms with Crippen LogP contribution in [0.4, 0.5) is 4.79 Å². The molecule has 0 aliphatic heterocycles. The van der Waals surface area contributed by atoms with E-state index in [1.807, 2.05) is 6.92 Å². The quantitative estimate of drug-likeness (QED) is 0.675. The highest BCUT2D eigenvalue weighted by molar-refractivity contribution is 7.99. The number of urea groups is 1. The molecule has 0 heterocycles. The highest BCUT2D eigenvalue weighted by Crippen LogP contribution is 2.27. The first-order valence-electron chi connectivity index (χ1n) is 7.41. The van der Waals surface area contributed by atoms with Gasteiger partial charge in [-0.2, -0.15) is 11.8 Å². The van der Waals surface area contributed by atoms with Crippen LogP contribution in [0.5, 0.6) is 0 Å². The van der Waals surface area contributed by atoms with Gasteiger partial charge in [0.05, 0.1) is 0 Å². The van der Waals surface area contributed by atoms with Crippen molar-refractivity contribution in [1.82, 2.24) is 10.6 Å². The molecule has 1 fully saturated rings. The van der Waals surface area contributed by atoms with Crippen molar-refractivity contribution in [3.05, 3.63) is 0 Å². The van der Waals surface area contributed by atoms with Crippen LogP contribution in [-0.4, -0.2) is 40.7 Å². The number of carboxylic acid groups (broad SMARTS) is 1. The summed E-state index contributed by atoms with van der Waals surface area (Å²) in [6.45, 7) is 2.00. The Kier molecular flexibility index (Phi) is 7.80. The van der Waals surface area contributed by atoms with Gasteiger partial charge in [-0.3, -0.25) is 0 Å². The molecule has 2 amide bonds. The minimum absolute atomic E-state index is 0.152. The van der Waals surface area contributed by atoms with Gasteiger partial charge >= 0.3 is 12.0 Å². The predicted octanol–water partition coefficient (Wildman–Crippen LogP) is 2.60. The average molecular weight is 302 g/mol. The smallest absolute Gasteiger partial charge is 0.326 e. The lowest BCUT2D eigenvalue weighted by atomic mass is 9.95. The van der Waals surface area contributed by atoms with Crippen molar-refractivity contribution in [2.45, 2.75) is 69.2 Å². The second-order valence-electron chi connectivity index (χ2n) is 5.32. The zero-order valence-corrected chi connectivity index (χ0v) is 13.2. The second kappa shape index (κ2) is 9.10. The number of hydrogen-bond donors (Lipinski definition) is 3. The van der Waals surface area contributed by atoms with Gasteiger partial charge in [0, 0.05) is 11.3 Å². The van der Waals surface area contributed by atoms with Crippen LogP contribution in [0.1, 0.15) is 51.9 Å². The number of carboxylic acids is 1. The minimum atomic E-state index is -0.960. The van der Waals surface area contributed by atoms with Crippen LogP contribution in [-0.2, 0) is 4.79 Å². The van der Waals surface area contributed by atoms with Crippen molar-refractivity contribution >= 4 is 23.8 Å². The maximum Gasteiger partial charge on any atom is 0.326 e. The van der Waals surface area contributed by atoms with E-state index in [0.29, 0.717) is 11.7 Å². The Hall–Kier alpha value is -0.910. The molecule has 1 aliphatic rings. The zero-order valence-electron chi connectivity index (χ0n) is 12.4. The van der Waals surface area contributed by atoms with Gasteiger partial charge in [0.15, 0.2) is 0 Å². The van der Waals surface area contributed by atoms with E-state index < -0.39 is 12.0 Å². The molecule has 3 N–H and O–H groups in total. The van der Waals surface area contributed by atoms with Crippen LogP contribution in [0, 0.1) is 0 Å². The Balaban J connectivity index is 2.45. The van der Waals surface area contributed by atoms with E-state index in [9.17, 15) is 9.59 Å². The highest BCUT2D eigenvalue weighted by Gasteiger charge is 2.27. The van der Waals surface area contributed by atoms with Crippen molar-refractivity contribution in [1.29, 1.82) is 0 Å². The fourth-order valence-corrected chi connectivity index (χ4v) is 3.51. The summed E-state index contributed by atoms with van der Waals surface area (Å²) in [5, 5.41) is 15.1. The summed E-state index contributed by atoms with van der Waals surface area (Å²) >= 11 is 1.78. The van der Waals surface area contributed by atoms with Crippen LogP contribution < -0.4 is 10.6 Å². The highest BCUT2D eigenvalue weighted by atomic mass is 32.2. The molecule has 3 atom stereocenters. The van der Waals surface area contributed by atoms with Crippen LogP contribution in [0.25, 0.3) is 0 Å². The molecule has 0 aromatic heterocycles. The molecule has 20 heavy (non-hydrogen) atoms. The van der Waals surface area contributed by atoms with Crippen LogP contribution in [0.3, 0.4) is 0 Å². The predicted molar refractivity (Wildman–Crippen MR) is 82.2 cm³/mol. The number of nitrogens with one attached hydrogen (secondary N) is 2. The molecular weight excluding hydrogens is 276 g/mol. The first kappa shape index (κ1) is 17.1. The molecule has 0 aromatic carbocycles. The molecule has 6 heteroatoms. The number of amides is 2. The third kappa shape index (κ3) is 5.61. The van der Waals surface area contributed by atoms with Gasteiger partial charge in [-0.15, -0.1) is 0 Å². The average Bonchev–Trinajstić information content (AvgIpc) is 2.43. The third-order valence-corrected chi connectivity index (χ3v) is 4.94. The summed E-state index contributed by atoms with van der Waals surface area (Å²) in [5.74, 6) is -0.960. The number of aliphatic carboxylic acids is 1. The Morgan fingerprint density at radius 2 is 2.05 bits per heavy atom. The third-order valence-electron chi connectivity index (χ3n) is 3.77. The summed E-state index contributed by atoms with van der Waals surface area (Å²) in [6.07, 6.45) is 8.69. The molecule has 116 valence electrons. The first-order chi connectivity index (χ1) is 9.58. The number of hydrogen-bond acceptors (Lipinski definition) is 3. The van der Waals surface area contributed by atoms with Crippen molar-refractivity contribution in [3.8, 4) is 0 Å². The fraction of sp³-hybridized carbons (Fsp3) is 0.857. The molecule has 5 nitrogen and oxygen atoms in total. The molecule has 1 saturated carbocycles. The zero-order chi connectivity index (χ0) is 15.0.